The predicted octanol–water partition coefficient (Wildman–Crippen LogP) is 3.49. The Hall–Kier alpha value is -3.15. The van der Waals surface area contributed by atoms with Crippen molar-refractivity contribution in [1.29, 1.82) is 0 Å². The van der Waals surface area contributed by atoms with Crippen LogP contribution >= 0.6 is 0 Å². The normalized spacial score (nSPS) is 10.8. The second-order valence-electron chi connectivity index (χ2n) is 5.32. The lowest BCUT2D eigenvalue weighted by Crippen LogP contribution is -2.17. The van der Waals surface area contributed by atoms with Gasteiger partial charge in [-0.1, -0.05) is 13.0 Å². The molecule has 0 radical (unpaired) electrons. The molecule has 0 saturated heterocycles. The van der Waals surface area contributed by atoms with Gasteiger partial charge >= 0.3 is 0 Å². The molecule has 122 valence electrons. The molecule has 2 amide bonds. The van der Waals surface area contributed by atoms with Crippen molar-refractivity contribution < 1.29 is 18.4 Å². The first-order valence-corrected chi connectivity index (χ1v) is 7.41. The molecule has 3 aromatic rings. The Morgan fingerprint density at radius 3 is 2.50 bits per heavy atom. The van der Waals surface area contributed by atoms with Crippen LogP contribution in [0.4, 0.5) is 10.1 Å². The van der Waals surface area contributed by atoms with E-state index in [1.165, 1.54) is 24.3 Å². The van der Waals surface area contributed by atoms with Gasteiger partial charge in [0.15, 0.2) is 0 Å². The predicted molar refractivity (Wildman–Crippen MR) is 88.5 cm³/mol. The number of benzene rings is 2. The lowest BCUT2D eigenvalue weighted by Gasteiger charge is -2.05. The third kappa shape index (κ3) is 2.86. The van der Waals surface area contributed by atoms with E-state index in [4.69, 9.17) is 10.2 Å². The van der Waals surface area contributed by atoms with Gasteiger partial charge in [0, 0.05) is 10.9 Å². The molecular formula is C18H15FN2O3. The Morgan fingerprint density at radius 2 is 1.88 bits per heavy atom. The summed E-state index contributed by atoms with van der Waals surface area (Å²) in [7, 11) is 0. The molecule has 1 heterocycles. The minimum atomic E-state index is -0.779. The van der Waals surface area contributed by atoms with Crippen molar-refractivity contribution in [3.63, 3.8) is 0 Å². The number of halogens is 1. The van der Waals surface area contributed by atoms with Crippen LogP contribution in [0.5, 0.6) is 0 Å². The van der Waals surface area contributed by atoms with Crippen molar-refractivity contribution in [2.75, 3.05) is 5.32 Å². The van der Waals surface area contributed by atoms with Crippen molar-refractivity contribution in [2.45, 2.75) is 13.3 Å². The third-order valence-corrected chi connectivity index (χ3v) is 3.73. The minimum Gasteiger partial charge on any atom is -0.449 e. The number of hydrogen-bond donors (Lipinski definition) is 2. The molecule has 0 saturated carbocycles. The number of carbonyl (C=O) groups excluding carboxylic acids is 2. The van der Waals surface area contributed by atoms with Crippen LogP contribution in [0.1, 0.15) is 33.4 Å². The first-order valence-electron chi connectivity index (χ1n) is 7.41. The van der Waals surface area contributed by atoms with E-state index in [-0.39, 0.29) is 17.0 Å². The molecule has 5 nitrogen and oxygen atoms in total. The van der Waals surface area contributed by atoms with Crippen molar-refractivity contribution >= 4 is 28.5 Å². The number of hydrogen-bond acceptors (Lipinski definition) is 3. The van der Waals surface area contributed by atoms with E-state index in [1.54, 1.807) is 12.1 Å². The van der Waals surface area contributed by atoms with Crippen LogP contribution in [0.2, 0.25) is 0 Å². The Kier molecular flexibility index (Phi) is 4.04. The Morgan fingerprint density at radius 1 is 1.17 bits per heavy atom. The van der Waals surface area contributed by atoms with Gasteiger partial charge in [-0.15, -0.1) is 0 Å². The number of furan rings is 1. The van der Waals surface area contributed by atoms with E-state index in [1.807, 2.05) is 13.0 Å². The number of anilines is 1. The van der Waals surface area contributed by atoms with Gasteiger partial charge < -0.3 is 15.5 Å². The van der Waals surface area contributed by atoms with Crippen molar-refractivity contribution in [1.82, 2.24) is 0 Å². The summed E-state index contributed by atoms with van der Waals surface area (Å²) < 4.78 is 18.5. The maximum atomic E-state index is 13.0. The minimum absolute atomic E-state index is 0.117. The summed E-state index contributed by atoms with van der Waals surface area (Å²) in [4.78, 5) is 24.0. The average Bonchev–Trinajstić information content (AvgIpc) is 2.93. The van der Waals surface area contributed by atoms with E-state index >= 15 is 0 Å². The van der Waals surface area contributed by atoms with Gasteiger partial charge in [0.2, 0.25) is 5.76 Å². The highest BCUT2D eigenvalue weighted by atomic mass is 19.1. The number of nitrogens with one attached hydrogen (secondary N) is 1. The zero-order valence-electron chi connectivity index (χ0n) is 12.9. The van der Waals surface area contributed by atoms with Crippen molar-refractivity contribution in [3.8, 4) is 0 Å². The molecule has 1 aromatic heterocycles. The lowest BCUT2D eigenvalue weighted by atomic mass is 10.1. The van der Waals surface area contributed by atoms with Gasteiger partial charge in [-0.05, 0) is 48.4 Å². The highest BCUT2D eigenvalue weighted by molar-refractivity contribution is 6.14. The second-order valence-corrected chi connectivity index (χ2v) is 5.32. The highest BCUT2D eigenvalue weighted by Crippen LogP contribution is 2.32. The number of rotatable bonds is 4. The van der Waals surface area contributed by atoms with Gasteiger partial charge in [0.05, 0.1) is 0 Å². The maximum Gasteiger partial charge on any atom is 0.286 e. The smallest absolute Gasteiger partial charge is 0.286 e. The number of aryl methyl sites for hydroxylation is 1. The summed E-state index contributed by atoms with van der Waals surface area (Å²) in [5.41, 5.74) is 7.32. The standard InChI is InChI=1S/C18H15FN2O3/c1-2-10-3-8-13-14(9-10)24-16(17(20)22)15(13)21-18(23)11-4-6-12(19)7-5-11/h3-9H,2H2,1H3,(H2,20,22)(H,21,23). The number of nitrogens with two attached hydrogens (primary N) is 1. The molecule has 6 heteroatoms. The molecule has 0 unspecified atom stereocenters. The summed E-state index contributed by atoms with van der Waals surface area (Å²) in [6, 6.07) is 10.5. The Balaban J connectivity index is 2.03. The van der Waals surface area contributed by atoms with Crippen LogP contribution in [0.3, 0.4) is 0 Å². The Bertz CT molecular complexity index is 929. The topological polar surface area (TPSA) is 85.3 Å². The van der Waals surface area contributed by atoms with Crippen LogP contribution in [0, 0.1) is 5.82 Å². The number of amides is 2. The monoisotopic (exact) mass is 326 g/mol. The fraction of sp³-hybridized carbons (Fsp3) is 0.111. The zero-order valence-corrected chi connectivity index (χ0v) is 12.9. The van der Waals surface area contributed by atoms with E-state index in [2.05, 4.69) is 5.32 Å². The fourth-order valence-electron chi connectivity index (χ4n) is 2.45. The van der Waals surface area contributed by atoms with E-state index in [0.29, 0.717) is 11.0 Å². The molecule has 2 aromatic carbocycles. The zero-order chi connectivity index (χ0) is 17.3. The number of fused-ring (bicyclic) bond motifs is 1. The van der Waals surface area contributed by atoms with E-state index < -0.39 is 17.6 Å². The Labute approximate surface area is 137 Å². The summed E-state index contributed by atoms with van der Waals surface area (Å²) in [5.74, 6) is -1.82. The number of carbonyl (C=O) groups is 2. The largest absolute Gasteiger partial charge is 0.449 e. The van der Waals surface area contributed by atoms with Crippen LogP contribution in [-0.4, -0.2) is 11.8 Å². The molecule has 0 fully saturated rings. The van der Waals surface area contributed by atoms with E-state index in [0.717, 1.165) is 12.0 Å². The first-order chi connectivity index (χ1) is 11.5. The quantitative estimate of drug-likeness (QED) is 0.769. The molecule has 3 rings (SSSR count). The summed E-state index contributed by atoms with van der Waals surface area (Å²) in [6.45, 7) is 2.00. The van der Waals surface area contributed by atoms with Crippen molar-refractivity contribution in [3.05, 3.63) is 65.2 Å². The number of primary amides is 1. The van der Waals surface area contributed by atoms with Gasteiger partial charge in [0.25, 0.3) is 11.8 Å². The molecule has 0 aliphatic carbocycles. The van der Waals surface area contributed by atoms with Gasteiger partial charge in [-0.25, -0.2) is 4.39 Å². The van der Waals surface area contributed by atoms with Crippen LogP contribution in [-0.2, 0) is 6.42 Å². The maximum absolute atomic E-state index is 13.0. The van der Waals surface area contributed by atoms with Crippen molar-refractivity contribution in [2.24, 2.45) is 5.73 Å². The average molecular weight is 326 g/mol. The van der Waals surface area contributed by atoms with E-state index in [9.17, 15) is 14.0 Å². The molecule has 3 N–H and O–H groups in total. The lowest BCUT2D eigenvalue weighted by molar-refractivity contribution is 0.0977. The molecule has 0 spiro atoms. The van der Waals surface area contributed by atoms with Gasteiger partial charge in [-0.2, -0.15) is 0 Å². The second kappa shape index (κ2) is 6.16. The summed E-state index contributed by atoms with van der Waals surface area (Å²) in [6.07, 6.45) is 0.805. The SMILES string of the molecule is CCc1ccc2c(NC(=O)c3ccc(F)cc3)c(C(N)=O)oc2c1. The highest BCUT2D eigenvalue weighted by Gasteiger charge is 2.21. The fourth-order valence-corrected chi connectivity index (χ4v) is 2.45. The molecule has 0 bridgehead atoms. The first kappa shape index (κ1) is 15.7. The molecule has 0 aliphatic rings. The van der Waals surface area contributed by atoms with Gasteiger partial charge in [0.1, 0.15) is 17.1 Å². The molecular weight excluding hydrogens is 311 g/mol. The molecule has 24 heavy (non-hydrogen) atoms. The van der Waals surface area contributed by atoms with Gasteiger partial charge in [-0.3, -0.25) is 9.59 Å². The van der Waals surface area contributed by atoms with Crippen LogP contribution < -0.4 is 11.1 Å². The van der Waals surface area contributed by atoms with Crippen LogP contribution in [0.15, 0.2) is 46.9 Å². The summed E-state index contributed by atoms with van der Waals surface area (Å²) >= 11 is 0. The molecule has 0 atom stereocenters. The molecule has 0 aliphatic heterocycles. The summed E-state index contributed by atoms with van der Waals surface area (Å²) in [5, 5.41) is 3.21. The third-order valence-electron chi connectivity index (χ3n) is 3.73. The van der Waals surface area contributed by atoms with Crippen LogP contribution in [0.25, 0.3) is 11.0 Å².